The van der Waals surface area contributed by atoms with Crippen LogP contribution in [-0.2, 0) is 9.53 Å². The van der Waals surface area contributed by atoms with Crippen molar-refractivity contribution in [2.45, 2.75) is 30.8 Å². The maximum absolute atomic E-state index is 10.7. The van der Waals surface area contributed by atoms with Gasteiger partial charge in [-0.2, -0.15) is 4.98 Å². The van der Waals surface area contributed by atoms with Crippen molar-refractivity contribution >= 4 is 23.3 Å². The third-order valence-corrected chi connectivity index (χ3v) is 3.62. The molecule has 3 heterocycles. The van der Waals surface area contributed by atoms with Crippen molar-refractivity contribution in [3.63, 3.8) is 0 Å². The number of imidazole rings is 1. The first-order chi connectivity index (χ1) is 11.5. The first kappa shape index (κ1) is 16.5. The third-order valence-electron chi connectivity index (χ3n) is 3.62. The fourth-order valence-corrected chi connectivity index (χ4v) is 2.46. The van der Waals surface area contributed by atoms with Gasteiger partial charge in [0.1, 0.15) is 24.6 Å². The second-order valence-electron chi connectivity index (χ2n) is 5.14. The molecule has 0 spiro atoms. The number of hydrogen-bond donors (Lipinski definition) is 5. The SMILES string of the molecule is Nc1ncnc2c1nc(OC(N)C=O)n2[C@@H]1O[C@H](CO)C(O)C1O. The number of rotatable bonds is 5. The molecule has 1 fully saturated rings. The van der Waals surface area contributed by atoms with Gasteiger partial charge in [-0.05, 0) is 0 Å². The van der Waals surface area contributed by atoms with Gasteiger partial charge in [0.05, 0.1) is 6.61 Å². The summed E-state index contributed by atoms with van der Waals surface area (Å²) < 4.78 is 11.8. The van der Waals surface area contributed by atoms with Crippen LogP contribution in [0.3, 0.4) is 0 Å². The molecule has 1 aliphatic heterocycles. The van der Waals surface area contributed by atoms with Crippen molar-refractivity contribution in [2.75, 3.05) is 12.3 Å². The molecule has 1 saturated heterocycles. The fourth-order valence-electron chi connectivity index (χ4n) is 2.46. The zero-order chi connectivity index (χ0) is 17.4. The Balaban J connectivity index is 2.12. The van der Waals surface area contributed by atoms with Crippen molar-refractivity contribution in [1.82, 2.24) is 19.5 Å². The molecule has 0 saturated carbocycles. The minimum Gasteiger partial charge on any atom is -0.438 e. The lowest BCUT2D eigenvalue weighted by Crippen LogP contribution is -2.34. The Bertz CT molecular complexity index is 753. The molecule has 3 unspecified atom stereocenters. The summed E-state index contributed by atoms with van der Waals surface area (Å²) in [6.45, 7) is -0.511. The molecule has 0 aliphatic carbocycles. The van der Waals surface area contributed by atoms with E-state index in [9.17, 15) is 20.1 Å². The molecular formula is C12H16N6O6. The van der Waals surface area contributed by atoms with Gasteiger partial charge in [0.25, 0.3) is 0 Å². The summed E-state index contributed by atoms with van der Waals surface area (Å²) in [5, 5.41) is 29.3. The molecule has 12 nitrogen and oxygen atoms in total. The van der Waals surface area contributed by atoms with Crippen LogP contribution in [0.1, 0.15) is 6.23 Å². The average molecular weight is 340 g/mol. The fraction of sp³-hybridized carbons (Fsp3) is 0.500. The lowest BCUT2D eigenvalue weighted by atomic mass is 10.1. The summed E-state index contributed by atoms with van der Waals surface area (Å²) in [6, 6.07) is -0.202. The predicted molar refractivity (Wildman–Crippen MR) is 77.4 cm³/mol. The molecule has 0 aromatic carbocycles. The summed E-state index contributed by atoms with van der Waals surface area (Å²) in [5.74, 6) is 0.0371. The lowest BCUT2D eigenvalue weighted by Gasteiger charge is -2.19. The standard InChI is InChI=1S/C12H16N6O6/c13-5(2-20)24-12-17-6-9(14)15-3-16-10(6)18(12)11-8(22)7(21)4(1-19)23-11/h2-5,7-8,11,19,21-22H,1,13H2,(H2,14,15,16)/t4-,5?,7?,8?,11-/m1/s1. The Hall–Kier alpha value is -2.38. The van der Waals surface area contributed by atoms with Crippen molar-refractivity contribution < 1.29 is 29.6 Å². The van der Waals surface area contributed by atoms with Crippen LogP contribution >= 0.6 is 0 Å². The highest BCUT2D eigenvalue weighted by Crippen LogP contribution is 2.35. The number of aliphatic hydroxyl groups excluding tert-OH is 3. The van der Waals surface area contributed by atoms with E-state index in [1.807, 2.05) is 0 Å². The molecule has 2 aromatic rings. The molecule has 0 radical (unpaired) electrons. The van der Waals surface area contributed by atoms with E-state index in [1.165, 1.54) is 10.9 Å². The lowest BCUT2D eigenvalue weighted by molar-refractivity contribution is -0.114. The van der Waals surface area contributed by atoms with Gasteiger partial charge in [0.2, 0.25) is 6.23 Å². The zero-order valence-electron chi connectivity index (χ0n) is 12.3. The van der Waals surface area contributed by atoms with E-state index < -0.39 is 37.4 Å². The Morgan fingerprint density at radius 1 is 1.42 bits per heavy atom. The number of fused-ring (bicyclic) bond motifs is 1. The van der Waals surface area contributed by atoms with Crippen molar-refractivity contribution in [2.24, 2.45) is 5.73 Å². The highest BCUT2D eigenvalue weighted by molar-refractivity contribution is 5.82. The second-order valence-corrected chi connectivity index (χ2v) is 5.14. The smallest absolute Gasteiger partial charge is 0.302 e. The normalized spacial score (nSPS) is 28.2. The average Bonchev–Trinajstić information content (AvgIpc) is 3.06. The minimum absolute atomic E-state index is 0.0371. The van der Waals surface area contributed by atoms with E-state index in [-0.39, 0.29) is 23.0 Å². The van der Waals surface area contributed by atoms with Crippen LogP contribution in [0.15, 0.2) is 6.33 Å². The highest BCUT2D eigenvalue weighted by atomic mass is 16.6. The van der Waals surface area contributed by atoms with E-state index in [0.717, 1.165) is 0 Å². The largest absolute Gasteiger partial charge is 0.438 e. The number of carbonyl (C=O) groups is 1. The van der Waals surface area contributed by atoms with Crippen LogP contribution in [0.5, 0.6) is 6.01 Å². The molecule has 130 valence electrons. The van der Waals surface area contributed by atoms with Crippen LogP contribution in [0.4, 0.5) is 5.82 Å². The molecule has 3 rings (SSSR count). The van der Waals surface area contributed by atoms with Gasteiger partial charge in [-0.3, -0.25) is 10.5 Å². The van der Waals surface area contributed by atoms with Crippen LogP contribution in [0.2, 0.25) is 0 Å². The number of aromatic nitrogens is 4. The monoisotopic (exact) mass is 340 g/mol. The Morgan fingerprint density at radius 2 is 2.17 bits per heavy atom. The summed E-state index contributed by atoms with van der Waals surface area (Å²) >= 11 is 0. The number of ether oxygens (including phenoxy) is 2. The minimum atomic E-state index is -1.41. The summed E-state index contributed by atoms with van der Waals surface area (Å²) in [7, 11) is 0. The van der Waals surface area contributed by atoms with Crippen LogP contribution in [-0.4, -0.2) is 72.3 Å². The van der Waals surface area contributed by atoms with E-state index in [0.29, 0.717) is 6.29 Å². The summed E-state index contributed by atoms with van der Waals surface area (Å²) in [5.41, 5.74) is 11.5. The maximum Gasteiger partial charge on any atom is 0.302 e. The van der Waals surface area contributed by atoms with E-state index in [4.69, 9.17) is 20.9 Å². The molecular weight excluding hydrogens is 324 g/mol. The topological polar surface area (TPSA) is 192 Å². The number of nitrogen functional groups attached to an aromatic ring is 1. The molecule has 1 aliphatic rings. The van der Waals surface area contributed by atoms with Crippen molar-refractivity contribution in [3.8, 4) is 6.01 Å². The number of nitrogens with two attached hydrogens (primary N) is 2. The van der Waals surface area contributed by atoms with Crippen molar-refractivity contribution in [3.05, 3.63) is 6.33 Å². The number of aldehydes is 1. The Morgan fingerprint density at radius 3 is 2.79 bits per heavy atom. The molecule has 5 atom stereocenters. The van der Waals surface area contributed by atoms with Crippen LogP contribution < -0.4 is 16.2 Å². The van der Waals surface area contributed by atoms with Gasteiger partial charge >= 0.3 is 6.01 Å². The van der Waals surface area contributed by atoms with Gasteiger partial charge in [-0.25, -0.2) is 14.5 Å². The van der Waals surface area contributed by atoms with Gasteiger partial charge in [0.15, 0.2) is 29.5 Å². The Kier molecular flexibility index (Phi) is 4.29. The summed E-state index contributed by atoms with van der Waals surface area (Å²) in [4.78, 5) is 22.6. The molecule has 0 bridgehead atoms. The van der Waals surface area contributed by atoms with Gasteiger partial charge < -0.3 is 30.5 Å². The van der Waals surface area contributed by atoms with E-state index in [2.05, 4.69) is 15.0 Å². The maximum atomic E-state index is 10.7. The molecule has 12 heteroatoms. The van der Waals surface area contributed by atoms with E-state index in [1.54, 1.807) is 0 Å². The molecule has 2 aromatic heterocycles. The van der Waals surface area contributed by atoms with Gasteiger partial charge in [-0.15, -0.1) is 0 Å². The second kappa shape index (κ2) is 6.26. The summed E-state index contributed by atoms with van der Waals surface area (Å²) in [6.07, 6.45) is -4.78. The van der Waals surface area contributed by atoms with Crippen molar-refractivity contribution in [1.29, 1.82) is 0 Å². The van der Waals surface area contributed by atoms with Crippen LogP contribution in [0, 0.1) is 0 Å². The first-order valence-corrected chi connectivity index (χ1v) is 6.96. The van der Waals surface area contributed by atoms with Crippen LogP contribution in [0.25, 0.3) is 11.2 Å². The molecule has 24 heavy (non-hydrogen) atoms. The van der Waals surface area contributed by atoms with Gasteiger partial charge in [-0.1, -0.05) is 0 Å². The number of nitrogens with zero attached hydrogens (tertiary/aromatic N) is 4. The number of anilines is 1. The predicted octanol–water partition coefficient (Wildman–Crippen LogP) is -3.12. The number of carbonyl (C=O) groups excluding carboxylic acids is 1. The number of hydrogen-bond acceptors (Lipinski definition) is 11. The molecule has 7 N–H and O–H groups in total. The zero-order valence-corrected chi connectivity index (χ0v) is 12.3. The molecule has 0 amide bonds. The quantitative estimate of drug-likeness (QED) is 0.273. The number of aliphatic hydroxyl groups is 3. The van der Waals surface area contributed by atoms with E-state index >= 15 is 0 Å². The Labute approximate surface area is 134 Å². The highest BCUT2D eigenvalue weighted by Gasteiger charge is 2.45. The third kappa shape index (κ3) is 2.55. The van der Waals surface area contributed by atoms with Gasteiger partial charge in [0, 0.05) is 0 Å². The first-order valence-electron chi connectivity index (χ1n) is 6.96.